The number of nitrogens with two attached hydrogens (primary N) is 1. The van der Waals surface area contributed by atoms with Crippen LogP contribution in [-0.4, -0.2) is 50.0 Å². The van der Waals surface area contributed by atoms with E-state index in [0.717, 1.165) is 19.3 Å². The summed E-state index contributed by atoms with van der Waals surface area (Å²) in [6.07, 6.45) is 3.64. The molecule has 0 heterocycles. The summed E-state index contributed by atoms with van der Waals surface area (Å²) < 4.78 is 0. The number of carboxylic acids is 1. The van der Waals surface area contributed by atoms with Gasteiger partial charge in [-0.2, -0.15) is 0 Å². The average Bonchev–Trinajstić information content (AvgIpc) is 2.36. The van der Waals surface area contributed by atoms with Crippen molar-refractivity contribution in [3.05, 3.63) is 0 Å². The van der Waals surface area contributed by atoms with Crippen molar-refractivity contribution in [2.45, 2.75) is 56.8 Å². The Labute approximate surface area is 116 Å². The van der Waals surface area contributed by atoms with Crippen molar-refractivity contribution in [3.63, 3.8) is 0 Å². The van der Waals surface area contributed by atoms with Crippen LogP contribution in [0.4, 0.5) is 0 Å². The summed E-state index contributed by atoms with van der Waals surface area (Å²) in [7, 11) is 5.72. The summed E-state index contributed by atoms with van der Waals surface area (Å²) in [6.45, 7) is 2.15. The van der Waals surface area contributed by atoms with E-state index in [1.807, 2.05) is 21.1 Å². The Kier molecular flexibility index (Phi) is 8.92. The van der Waals surface area contributed by atoms with Gasteiger partial charge in [-0.3, -0.25) is 4.79 Å². The Morgan fingerprint density at radius 1 is 1.32 bits per heavy atom. The van der Waals surface area contributed by atoms with Gasteiger partial charge in [0.05, 0.1) is 12.1 Å². The number of hydrogen-bond acceptors (Lipinski definition) is 5. The maximum absolute atomic E-state index is 10.7. The van der Waals surface area contributed by atoms with Crippen molar-refractivity contribution >= 4 is 5.97 Å². The maximum atomic E-state index is 10.7. The first-order valence-corrected chi connectivity index (χ1v) is 6.91. The number of rotatable bonds is 11. The summed E-state index contributed by atoms with van der Waals surface area (Å²) in [4.78, 5) is 10.7. The van der Waals surface area contributed by atoms with Crippen molar-refractivity contribution in [1.29, 1.82) is 0 Å². The second-order valence-electron chi connectivity index (χ2n) is 5.23. The third-order valence-electron chi connectivity index (χ3n) is 3.74. The quantitative estimate of drug-likeness (QED) is 0.343. The summed E-state index contributed by atoms with van der Waals surface area (Å²) in [5.74, 6) is -0.850. The zero-order valence-electron chi connectivity index (χ0n) is 12.6. The van der Waals surface area contributed by atoms with Crippen LogP contribution in [0.15, 0.2) is 0 Å². The maximum Gasteiger partial charge on any atom is 0.304 e. The smallest absolute Gasteiger partial charge is 0.304 e. The van der Waals surface area contributed by atoms with Gasteiger partial charge in [0, 0.05) is 12.1 Å². The molecule has 0 aromatic heterocycles. The van der Waals surface area contributed by atoms with Gasteiger partial charge < -0.3 is 26.8 Å². The highest BCUT2D eigenvalue weighted by Gasteiger charge is 2.28. The third kappa shape index (κ3) is 7.47. The van der Waals surface area contributed by atoms with Gasteiger partial charge in [0.1, 0.15) is 0 Å². The first kappa shape index (κ1) is 18.3. The van der Waals surface area contributed by atoms with Gasteiger partial charge in [-0.25, -0.2) is 0 Å². The molecule has 0 aliphatic rings. The normalized spacial score (nSPS) is 15.2. The Morgan fingerprint density at radius 2 is 1.89 bits per heavy atom. The van der Waals surface area contributed by atoms with Crippen LogP contribution in [0.2, 0.25) is 0 Å². The van der Waals surface area contributed by atoms with Gasteiger partial charge in [-0.05, 0) is 53.8 Å². The molecule has 0 aliphatic carbocycles. The molecule has 2 unspecified atom stereocenters. The van der Waals surface area contributed by atoms with Crippen LogP contribution >= 0.6 is 0 Å². The molecule has 0 aromatic rings. The summed E-state index contributed by atoms with van der Waals surface area (Å²) in [5.41, 5.74) is 5.61. The Bertz CT molecular complexity index is 257. The highest BCUT2D eigenvalue weighted by atomic mass is 16.4. The van der Waals surface area contributed by atoms with Gasteiger partial charge in [-0.15, -0.1) is 0 Å². The van der Waals surface area contributed by atoms with E-state index in [0.29, 0.717) is 12.5 Å². The molecular formula is C13H30N4O2. The van der Waals surface area contributed by atoms with Crippen molar-refractivity contribution in [2.24, 2.45) is 5.73 Å². The molecular weight excluding hydrogens is 244 g/mol. The molecule has 0 spiro atoms. The molecule has 6 N–H and O–H groups in total. The molecule has 2 atom stereocenters. The molecule has 0 saturated carbocycles. The highest BCUT2D eigenvalue weighted by molar-refractivity contribution is 5.67. The van der Waals surface area contributed by atoms with E-state index in [9.17, 15) is 4.79 Å². The number of carbonyl (C=O) groups is 1. The minimum atomic E-state index is -0.850. The largest absolute Gasteiger partial charge is 0.481 e. The van der Waals surface area contributed by atoms with Crippen LogP contribution in [0.1, 0.15) is 39.0 Å². The molecule has 0 radical (unpaired) electrons. The van der Waals surface area contributed by atoms with Gasteiger partial charge in [0.25, 0.3) is 0 Å². The second kappa shape index (κ2) is 9.25. The second-order valence-corrected chi connectivity index (χ2v) is 5.23. The molecule has 0 amide bonds. The van der Waals surface area contributed by atoms with Crippen LogP contribution < -0.4 is 21.7 Å². The predicted molar refractivity (Wildman–Crippen MR) is 78.1 cm³/mol. The fourth-order valence-electron chi connectivity index (χ4n) is 2.28. The minimum Gasteiger partial charge on any atom is -0.481 e. The standard InChI is InChI=1S/C13H30N4O2/c1-10(15-2)6-5-7-13(16-3,17-4)9-11(14)8-12(18)19/h10-11,15-17H,5-9,14H2,1-4H3,(H,18,19). The van der Waals surface area contributed by atoms with E-state index in [1.54, 1.807) is 0 Å². The zero-order valence-corrected chi connectivity index (χ0v) is 12.6. The van der Waals surface area contributed by atoms with Crippen LogP contribution in [0.5, 0.6) is 0 Å². The lowest BCUT2D eigenvalue weighted by Gasteiger charge is -2.36. The van der Waals surface area contributed by atoms with Gasteiger partial charge in [0.2, 0.25) is 0 Å². The molecule has 0 saturated heterocycles. The molecule has 0 aliphatic heterocycles. The first-order valence-electron chi connectivity index (χ1n) is 6.91. The van der Waals surface area contributed by atoms with E-state index >= 15 is 0 Å². The Hall–Kier alpha value is -0.690. The summed E-state index contributed by atoms with van der Waals surface area (Å²) in [5, 5.41) is 18.5. The monoisotopic (exact) mass is 274 g/mol. The van der Waals surface area contributed by atoms with Crippen LogP contribution in [-0.2, 0) is 4.79 Å². The highest BCUT2D eigenvalue weighted by Crippen LogP contribution is 2.18. The Morgan fingerprint density at radius 3 is 2.32 bits per heavy atom. The molecule has 0 aromatic carbocycles. The van der Waals surface area contributed by atoms with E-state index < -0.39 is 5.97 Å². The molecule has 6 nitrogen and oxygen atoms in total. The van der Waals surface area contributed by atoms with Crippen molar-refractivity contribution in [3.8, 4) is 0 Å². The SMILES string of the molecule is CNC(C)CCCC(CC(N)CC(=O)O)(NC)NC. The topological polar surface area (TPSA) is 99.4 Å². The van der Waals surface area contributed by atoms with Gasteiger partial charge in [-0.1, -0.05) is 0 Å². The molecule has 0 bridgehead atoms. The first-order chi connectivity index (χ1) is 8.89. The molecule has 0 rings (SSSR count). The average molecular weight is 274 g/mol. The lowest BCUT2D eigenvalue weighted by molar-refractivity contribution is -0.137. The number of aliphatic carboxylic acids is 1. The van der Waals surface area contributed by atoms with E-state index in [4.69, 9.17) is 10.8 Å². The van der Waals surface area contributed by atoms with Crippen molar-refractivity contribution < 1.29 is 9.90 Å². The lowest BCUT2D eigenvalue weighted by Crippen LogP contribution is -2.57. The fourth-order valence-corrected chi connectivity index (χ4v) is 2.28. The fraction of sp³-hybridized carbons (Fsp3) is 0.923. The van der Waals surface area contributed by atoms with E-state index in [1.165, 1.54) is 0 Å². The Balaban J connectivity index is 4.36. The van der Waals surface area contributed by atoms with Crippen LogP contribution in [0.3, 0.4) is 0 Å². The van der Waals surface area contributed by atoms with Gasteiger partial charge >= 0.3 is 5.97 Å². The summed E-state index contributed by atoms with van der Waals surface area (Å²) in [6, 6.07) is 0.137. The molecule has 114 valence electrons. The summed E-state index contributed by atoms with van der Waals surface area (Å²) >= 11 is 0. The minimum absolute atomic E-state index is 0.00196. The third-order valence-corrected chi connectivity index (χ3v) is 3.74. The van der Waals surface area contributed by atoms with Gasteiger partial charge in [0.15, 0.2) is 0 Å². The number of nitrogens with one attached hydrogen (secondary N) is 3. The van der Waals surface area contributed by atoms with Crippen LogP contribution in [0, 0.1) is 0 Å². The molecule has 6 heteroatoms. The predicted octanol–water partition coefficient (Wildman–Crippen LogP) is 0.0918. The zero-order chi connectivity index (χ0) is 14.9. The number of hydrogen-bond donors (Lipinski definition) is 5. The molecule has 19 heavy (non-hydrogen) atoms. The van der Waals surface area contributed by atoms with E-state index in [2.05, 4.69) is 22.9 Å². The lowest BCUT2D eigenvalue weighted by atomic mass is 9.92. The van der Waals surface area contributed by atoms with Crippen molar-refractivity contribution in [1.82, 2.24) is 16.0 Å². The number of carboxylic acid groups (broad SMARTS) is 1. The van der Waals surface area contributed by atoms with Crippen molar-refractivity contribution in [2.75, 3.05) is 21.1 Å². The molecule has 0 fully saturated rings. The van der Waals surface area contributed by atoms with Crippen LogP contribution in [0.25, 0.3) is 0 Å². The van der Waals surface area contributed by atoms with E-state index in [-0.39, 0.29) is 18.1 Å².